The topological polar surface area (TPSA) is 48.1 Å². The minimum Gasteiger partial charge on any atom is -0.319 e. The number of non-ortho nitro benzene ring substituents is 1. The minimum absolute atomic E-state index is 0.110. The molecule has 3 rings (SSSR count). The zero-order valence-electron chi connectivity index (χ0n) is 12.5. The molecular formula is C18H16N2O2. The molecule has 0 aliphatic heterocycles. The van der Waals surface area contributed by atoms with Gasteiger partial charge in [0.25, 0.3) is 5.69 Å². The summed E-state index contributed by atoms with van der Waals surface area (Å²) >= 11 is 0. The maximum atomic E-state index is 10.7. The molecule has 4 nitrogen and oxygen atoms in total. The number of nitro benzene ring substituents is 1. The Morgan fingerprint density at radius 1 is 0.773 bits per heavy atom. The van der Waals surface area contributed by atoms with Crippen molar-refractivity contribution < 1.29 is 4.92 Å². The van der Waals surface area contributed by atoms with Crippen molar-refractivity contribution in [3.05, 3.63) is 82.2 Å². The first-order valence-corrected chi connectivity index (χ1v) is 7.06. The first-order valence-electron chi connectivity index (χ1n) is 7.06. The quantitative estimate of drug-likeness (QED) is 0.520. The van der Waals surface area contributed by atoms with E-state index in [9.17, 15) is 10.1 Å². The summed E-state index contributed by atoms with van der Waals surface area (Å²) in [6.45, 7) is 4.16. The summed E-state index contributed by atoms with van der Waals surface area (Å²) in [5, 5.41) is 10.7. The molecule has 0 spiro atoms. The lowest BCUT2D eigenvalue weighted by molar-refractivity contribution is -0.384. The summed E-state index contributed by atoms with van der Waals surface area (Å²) in [6.07, 6.45) is 0. The second kappa shape index (κ2) is 5.48. The highest BCUT2D eigenvalue weighted by Gasteiger charge is 2.07. The van der Waals surface area contributed by atoms with Crippen molar-refractivity contribution in [2.45, 2.75) is 13.8 Å². The molecule has 22 heavy (non-hydrogen) atoms. The zero-order valence-corrected chi connectivity index (χ0v) is 12.5. The molecule has 0 bridgehead atoms. The summed E-state index contributed by atoms with van der Waals surface area (Å²) in [5.41, 5.74) is 5.63. The van der Waals surface area contributed by atoms with Gasteiger partial charge in [-0.1, -0.05) is 12.1 Å². The molecule has 0 saturated heterocycles. The van der Waals surface area contributed by atoms with Gasteiger partial charge in [-0.25, -0.2) is 0 Å². The molecule has 110 valence electrons. The van der Waals surface area contributed by atoms with Crippen LogP contribution in [0.25, 0.3) is 16.8 Å². The van der Waals surface area contributed by atoms with Crippen molar-refractivity contribution in [1.82, 2.24) is 4.57 Å². The van der Waals surface area contributed by atoms with Crippen LogP contribution in [-0.4, -0.2) is 9.49 Å². The van der Waals surface area contributed by atoms with Crippen LogP contribution in [0.2, 0.25) is 0 Å². The third-order valence-electron chi connectivity index (χ3n) is 3.81. The zero-order chi connectivity index (χ0) is 15.7. The van der Waals surface area contributed by atoms with E-state index in [4.69, 9.17) is 0 Å². The van der Waals surface area contributed by atoms with Crippen LogP contribution in [0.4, 0.5) is 5.69 Å². The molecule has 0 atom stereocenters. The summed E-state index contributed by atoms with van der Waals surface area (Å²) in [7, 11) is 0. The highest BCUT2D eigenvalue weighted by atomic mass is 16.6. The highest BCUT2D eigenvalue weighted by molar-refractivity contribution is 5.66. The summed E-state index contributed by atoms with van der Waals surface area (Å²) < 4.78 is 2.19. The average molecular weight is 292 g/mol. The van der Waals surface area contributed by atoms with Crippen LogP contribution in [0, 0.1) is 24.0 Å². The maximum Gasteiger partial charge on any atom is 0.269 e. The van der Waals surface area contributed by atoms with Gasteiger partial charge in [-0.05, 0) is 61.4 Å². The molecule has 0 amide bonds. The number of hydrogen-bond donors (Lipinski definition) is 0. The largest absolute Gasteiger partial charge is 0.319 e. The number of nitro groups is 1. The average Bonchev–Trinajstić information content (AvgIpc) is 2.86. The molecule has 2 aromatic carbocycles. The molecule has 3 aromatic rings. The van der Waals surface area contributed by atoms with Gasteiger partial charge in [0.2, 0.25) is 0 Å². The van der Waals surface area contributed by atoms with Gasteiger partial charge in [0.1, 0.15) is 0 Å². The number of aryl methyl sites for hydroxylation is 2. The van der Waals surface area contributed by atoms with Crippen LogP contribution < -0.4 is 0 Å². The number of hydrogen-bond acceptors (Lipinski definition) is 2. The van der Waals surface area contributed by atoms with Crippen LogP contribution in [0.15, 0.2) is 60.7 Å². The van der Waals surface area contributed by atoms with E-state index in [-0.39, 0.29) is 10.6 Å². The molecule has 0 radical (unpaired) electrons. The Morgan fingerprint density at radius 3 is 1.68 bits per heavy atom. The van der Waals surface area contributed by atoms with Gasteiger partial charge in [-0.3, -0.25) is 10.1 Å². The van der Waals surface area contributed by atoms with Crippen molar-refractivity contribution in [3.8, 4) is 16.8 Å². The van der Waals surface area contributed by atoms with Gasteiger partial charge in [-0.15, -0.1) is 0 Å². The van der Waals surface area contributed by atoms with Crippen LogP contribution in [0.3, 0.4) is 0 Å². The van der Waals surface area contributed by atoms with Crippen molar-refractivity contribution >= 4 is 5.69 Å². The van der Waals surface area contributed by atoms with E-state index in [0.29, 0.717) is 0 Å². The second-order valence-electron chi connectivity index (χ2n) is 5.30. The molecule has 1 aromatic heterocycles. The van der Waals surface area contributed by atoms with Gasteiger partial charge < -0.3 is 4.57 Å². The Hall–Kier alpha value is -2.88. The Bertz CT molecular complexity index is 796. The monoisotopic (exact) mass is 292 g/mol. The predicted octanol–water partition coefficient (Wildman–Crippen LogP) is 4.67. The third-order valence-corrected chi connectivity index (χ3v) is 3.81. The highest BCUT2D eigenvalue weighted by Crippen LogP contribution is 2.24. The minimum atomic E-state index is -0.384. The van der Waals surface area contributed by atoms with Crippen molar-refractivity contribution in [2.24, 2.45) is 0 Å². The molecule has 0 N–H and O–H groups in total. The van der Waals surface area contributed by atoms with Gasteiger partial charge >= 0.3 is 0 Å². The molecular weight excluding hydrogens is 276 g/mol. The standard InChI is InChI=1S/C18H16N2O2/c1-13-3-4-14(2)19(13)17-9-5-15(6-10-17)16-7-11-18(12-8-16)20(21)22/h3-12H,1-2H3. The Balaban J connectivity index is 1.93. The number of benzene rings is 2. The maximum absolute atomic E-state index is 10.7. The molecule has 0 unspecified atom stereocenters. The first kappa shape index (κ1) is 14.1. The number of rotatable bonds is 3. The van der Waals surface area contributed by atoms with E-state index in [1.807, 2.05) is 12.1 Å². The number of nitrogens with zero attached hydrogens (tertiary/aromatic N) is 2. The van der Waals surface area contributed by atoms with Gasteiger partial charge in [0, 0.05) is 29.2 Å². The Morgan fingerprint density at radius 2 is 1.23 bits per heavy atom. The van der Waals surface area contributed by atoms with E-state index in [0.717, 1.165) is 16.8 Å². The molecule has 4 heteroatoms. The molecule has 1 heterocycles. The molecule has 0 aliphatic carbocycles. The van der Waals surface area contributed by atoms with Crippen molar-refractivity contribution in [1.29, 1.82) is 0 Å². The van der Waals surface area contributed by atoms with E-state index >= 15 is 0 Å². The van der Waals surface area contributed by atoms with E-state index < -0.39 is 0 Å². The van der Waals surface area contributed by atoms with E-state index in [1.54, 1.807) is 12.1 Å². The summed E-state index contributed by atoms with van der Waals surface area (Å²) in [5.74, 6) is 0. The van der Waals surface area contributed by atoms with Crippen LogP contribution in [0.1, 0.15) is 11.4 Å². The fourth-order valence-corrected chi connectivity index (χ4v) is 2.65. The molecule has 0 fully saturated rings. The van der Waals surface area contributed by atoms with Crippen LogP contribution in [-0.2, 0) is 0 Å². The predicted molar refractivity (Wildman–Crippen MR) is 87.3 cm³/mol. The summed E-state index contributed by atoms with van der Waals surface area (Å²) in [4.78, 5) is 10.3. The lowest BCUT2D eigenvalue weighted by atomic mass is 10.0. The smallest absolute Gasteiger partial charge is 0.269 e. The first-order chi connectivity index (χ1) is 10.6. The summed E-state index contributed by atoms with van der Waals surface area (Å²) in [6, 6.07) is 19.0. The van der Waals surface area contributed by atoms with Crippen molar-refractivity contribution in [2.75, 3.05) is 0 Å². The van der Waals surface area contributed by atoms with E-state index in [1.165, 1.54) is 23.5 Å². The SMILES string of the molecule is Cc1ccc(C)n1-c1ccc(-c2ccc([N+](=O)[O-])cc2)cc1. The Kier molecular flexibility index (Phi) is 3.51. The number of aromatic nitrogens is 1. The fourth-order valence-electron chi connectivity index (χ4n) is 2.65. The van der Waals surface area contributed by atoms with Gasteiger partial charge in [0.15, 0.2) is 0 Å². The molecule has 0 aliphatic rings. The van der Waals surface area contributed by atoms with Crippen LogP contribution >= 0.6 is 0 Å². The van der Waals surface area contributed by atoms with Gasteiger partial charge in [0.05, 0.1) is 4.92 Å². The van der Waals surface area contributed by atoms with Gasteiger partial charge in [-0.2, -0.15) is 0 Å². The lowest BCUT2D eigenvalue weighted by Crippen LogP contribution is -1.98. The lowest BCUT2D eigenvalue weighted by Gasteiger charge is -2.10. The van der Waals surface area contributed by atoms with Crippen LogP contribution in [0.5, 0.6) is 0 Å². The normalized spacial score (nSPS) is 10.6. The molecule has 0 saturated carbocycles. The van der Waals surface area contributed by atoms with Crippen molar-refractivity contribution in [3.63, 3.8) is 0 Å². The second-order valence-corrected chi connectivity index (χ2v) is 5.30. The fraction of sp³-hybridized carbons (Fsp3) is 0.111. The third kappa shape index (κ3) is 2.51. The van der Waals surface area contributed by atoms with E-state index in [2.05, 4.69) is 42.7 Å². The Labute approximate surface area is 128 Å².